The summed E-state index contributed by atoms with van der Waals surface area (Å²) in [6.45, 7) is 7.18. The lowest BCUT2D eigenvalue weighted by Crippen LogP contribution is -2.43. The monoisotopic (exact) mass is 436 g/mol. The number of hydrogen-bond acceptors (Lipinski definition) is 5. The van der Waals surface area contributed by atoms with Crippen molar-refractivity contribution in [3.63, 3.8) is 0 Å². The van der Waals surface area contributed by atoms with Crippen molar-refractivity contribution < 1.29 is 22.7 Å². The number of likely N-dealkylation sites (tertiary alicyclic amines) is 1. The Balaban J connectivity index is 1.84. The molecule has 2 saturated heterocycles. The van der Waals surface area contributed by atoms with E-state index in [9.17, 15) is 18.0 Å². The molecule has 0 aliphatic carbocycles. The maximum Gasteiger partial charge on any atom is 0.310 e. The molecule has 2 aliphatic heterocycles. The van der Waals surface area contributed by atoms with Gasteiger partial charge in [0.1, 0.15) is 0 Å². The van der Waals surface area contributed by atoms with Crippen molar-refractivity contribution in [2.24, 2.45) is 5.92 Å². The van der Waals surface area contributed by atoms with Gasteiger partial charge in [-0.1, -0.05) is 12.5 Å². The topological polar surface area (TPSA) is 84.0 Å². The van der Waals surface area contributed by atoms with Gasteiger partial charge >= 0.3 is 5.97 Å². The highest BCUT2D eigenvalue weighted by Crippen LogP contribution is 2.28. The van der Waals surface area contributed by atoms with Crippen LogP contribution in [0.3, 0.4) is 0 Å². The summed E-state index contributed by atoms with van der Waals surface area (Å²) in [7, 11) is -3.66. The third kappa shape index (κ3) is 4.70. The van der Waals surface area contributed by atoms with Crippen LogP contribution in [0.1, 0.15) is 61.9 Å². The molecule has 0 radical (unpaired) electrons. The lowest BCUT2D eigenvalue weighted by molar-refractivity contribution is -0.149. The van der Waals surface area contributed by atoms with Gasteiger partial charge in [-0.3, -0.25) is 9.59 Å². The van der Waals surface area contributed by atoms with Gasteiger partial charge in [-0.15, -0.1) is 0 Å². The zero-order valence-electron chi connectivity index (χ0n) is 18.1. The molecule has 0 bridgehead atoms. The molecule has 2 fully saturated rings. The van der Waals surface area contributed by atoms with Crippen molar-refractivity contribution in [1.82, 2.24) is 9.21 Å². The summed E-state index contributed by atoms with van der Waals surface area (Å²) in [6.07, 6.45) is 4.14. The van der Waals surface area contributed by atoms with Crippen LogP contribution in [0, 0.1) is 12.8 Å². The normalized spacial score (nSPS) is 23.2. The molecule has 0 spiro atoms. The first kappa shape index (κ1) is 22.7. The third-order valence-corrected chi connectivity index (χ3v) is 8.13. The second-order valence-corrected chi connectivity index (χ2v) is 10.2. The molecule has 2 aliphatic rings. The highest BCUT2D eigenvalue weighted by Gasteiger charge is 2.33. The first-order valence-corrected chi connectivity index (χ1v) is 12.3. The summed E-state index contributed by atoms with van der Waals surface area (Å²) >= 11 is 0. The van der Waals surface area contributed by atoms with Crippen LogP contribution < -0.4 is 0 Å². The van der Waals surface area contributed by atoms with Gasteiger partial charge in [0.05, 0.1) is 17.4 Å². The maximum absolute atomic E-state index is 13.2. The number of carbonyl (C=O) groups is 2. The number of piperidine rings is 2. The van der Waals surface area contributed by atoms with E-state index >= 15 is 0 Å². The van der Waals surface area contributed by atoms with Gasteiger partial charge in [-0.05, 0) is 64.2 Å². The first-order valence-electron chi connectivity index (χ1n) is 10.8. The summed E-state index contributed by atoms with van der Waals surface area (Å²) in [5, 5.41) is 0. The lowest BCUT2D eigenvalue weighted by atomic mass is 9.97. The highest BCUT2D eigenvalue weighted by molar-refractivity contribution is 7.89. The Kier molecular flexibility index (Phi) is 7.18. The number of aryl methyl sites for hydroxylation is 1. The van der Waals surface area contributed by atoms with Gasteiger partial charge in [0, 0.05) is 31.2 Å². The van der Waals surface area contributed by atoms with Crippen molar-refractivity contribution >= 4 is 21.9 Å². The van der Waals surface area contributed by atoms with Crippen LogP contribution in [0.25, 0.3) is 0 Å². The molecule has 2 unspecified atom stereocenters. The zero-order chi connectivity index (χ0) is 21.9. The minimum absolute atomic E-state index is 0.0448. The number of nitrogens with zero attached hydrogens (tertiary/aromatic N) is 2. The van der Waals surface area contributed by atoms with Crippen LogP contribution in [0.15, 0.2) is 23.1 Å². The molecule has 3 rings (SSSR count). The number of hydrogen-bond donors (Lipinski definition) is 0. The Bertz CT molecular complexity index is 899. The number of amides is 1. The van der Waals surface area contributed by atoms with Gasteiger partial charge in [0.2, 0.25) is 10.0 Å². The SMILES string of the molecule is CCOC(=O)C1CCCN(C(=O)c2cc(S(=O)(=O)N3CCCCC3C)ccc2C)C1. The number of benzene rings is 1. The molecule has 1 aromatic rings. The predicted octanol–water partition coefficient (Wildman–Crippen LogP) is 2.97. The average Bonchev–Trinajstić information content (AvgIpc) is 2.74. The molecule has 8 heteroatoms. The van der Waals surface area contributed by atoms with E-state index in [0.717, 1.165) is 31.2 Å². The number of ether oxygens (including phenoxy) is 1. The quantitative estimate of drug-likeness (QED) is 0.663. The molecule has 7 nitrogen and oxygen atoms in total. The van der Waals surface area contributed by atoms with E-state index in [-0.39, 0.29) is 28.7 Å². The zero-order valence-corrected chi connectivity index (χ0v) is 18.9. The van der Waals surface area contributed by atoms with Crippen LogP contribution in [0.2, 0.25) is 0 Å². The smallest absolute Gasteiger partial charge is 0.310 e. The largest absolute Gasteiger partial charge is 0.466 e. The second kappa shape index (κ2) is 9.47. The van der Waals surface area contributed by atoms with Crippen molar-refractivity contribution in [3.8, 4) is 0 Å². The number of rotatable bonds is 5. The average molecular weight is 437 g/mol. The van der Waals surface area contributed by atoms with Gasteiger partial charge in [-0.2, -0.15) is 4.31 Å². The Hall–Kier alpha value is -1.93. The van der Waals surface area contributed by atoms with Gasteiger partial charge in [0.25, 0.3) is 5.91 Å². The number of sulfonamides is 1. The predicted molar refractivity (Wildman–Crippen MR) is 114 cm³/mol. The summed E-state index contributed by atoms with van der Waals surface area (Å²) in [4.78, 5) is 27.2. The maximum atomic E-state index is 13.2. The molecule has 2 atom stereocenters. The summed E-state index contributed by atoms with van der Waals surface area (Å²) in [5.41, 5.74) is 1.11. The lowest BCUT2D eigenvalue weighted by Gasteiger charge is -2.33. The van der Waals surface area contributed by atoms with E-state index in [0.29, 0.717) is 38.2 Å². The standard InChI is InChI=1S/C22H32N2O5S/c1-4-29-22(26)18-9-7-12-23(15-18)21(25)20-14-19(11-10-16(20)2)30(27,28)24-13-6-5-8-17(24)3/h10-11,14,17-18H,4-9,12-13,15H2,1-3H3. The summed E-state index contributed by atoms with van der Waals surface area (Å²) < 4.78 is 33.1. The van der Waals surface area contributed by atoms with Crippen molar-refractivity contribution in [2.45, 2.75) is 63.8 Å². The molecular formula is C22H32N2O5S. The van der Waals surface area contributed by atoms with Crippen LogP contribution in [0.5, 0.6) is 0 Å². The molecular weight excluding hydrogens is 404 g/mol. The Labute approximate surface area is 179 Å². The molecule has 166 valence electrons. The summed E-state index contributed by atoms with van der Waals surface area (Å²) in [6, 6.07) is 4.74. The Morgan fingerprint density at radius 3 is 2.60 bits per heavy atom. The first-order chi connectivity index (χ1) is 14.3. The second-order valence-electron chi connectivity index (χ2n) is 8.28. The molecule has 0 N–H and O–H groups in total. The van der Waals surface area contributed by atoms with E-state index in [1.807, 2.05) is 6.92 Å². The van der Waals surface area contributed by atoms with Crippen LogP contribution in [-0.4, -0.2) is 61.8 Å². The Morgan fingerprint density at radius 1 is 1.13 bits per heavy atom. The third-order valence-electron chi connectivity index (χ3n) is 6.12. The fraction of sp³-hybridized carbons (Fsp3) is 0.636. The summed E-state index contributed by atoms with van der Waals surface area (Å²) in [5.74, 6) is -0.837. The van der Waals surface area contributed by atoms with E-state index in [1.165, 1.54) is 6.07 Å². The fourth-order valence-electron chi connectivity index (χ4n) is 4.34. The Morgan fingerprint density at radius 2 is 1.90 bits per heavy atom. The van der Waals surface area contributed by atoms with Crippen LogP contribution >= 0.6 is 0 Å². The van der Waals surface area contributed by atoms with Gasteiger partial charge in [-0.25, -0.2) is 8.42 Å². The van der Waals surface area contributed by atoms with Gasteiger partial charge in [0.15, 0.2) is 0 Å². The molecule has 1 amide bonds. The number of esters is 1. The van der Waals surface area contributed by atoms with E-state index in [1.54, 1.807) is 35.2 Å². The van der Waals surface area contributed by atoms with E-state index in [2.05, 4.69) is 0 Å². The molecule has 0 saturated carbocycles. The van der Waals surface area contributed by atoms with Crippen molar-refractivity contribution in [1.29, 1.82) is 0 Å². The van der Waals surface area contributed by atoms with Crippen LogP contribution in [-0.2, 0) is 19.6 Å². The molecule has 2 heterocycles. The van der Waals surface area contributed by atoms with E-state index < -0.39 is 10.0 Å². The van der Waals surface area contributed by atoms with Crippen LogP contribution in [0.4, 0.5) is 0 Å². The molecule has 30 heavy (non-hydrogen) atoms. The number of carbonyl (C=O) groups excluding carboxylic acids is 2. The molecule has 0 aromatic heterocycles. The molecule has 1 aromatic carbocycles. The minimum Gasteiger partial charge on any atom is -0.466 e. The highest BCUT2D eigenvalue weighted by atomic mass is 32.2. The van der Waals surface area contributed by atoms with E-state index in [4.69, 9.17) is 4.74 Å². The minimum atomic E-state index is -3.66. The van der Waals surface area contributed by atoms with Crippen molar-refractivity contribution in [2.75, 3.05) is 26.2 Å². The van der Waals surface area contributed by atoms with Crippen molar-refractivity contribution in [3.05, 3.63) is 29.3 Å². The van der Waals surface area contributed by atoms with Gasteiger partial charge < -0.3 is 9.64 Å². The fourth-order valence-corrected chi connectivity index (χ4v) is 6.07.